The van der Waals surface area contributed by atoms with Crippen molar-refractivity contribution in [3.05, 3.63) is 164 Å². The normalized spacial score (nSPS) is 11.4. The molecule has 4 nitrogen and oxygen atoms in total. The summed E-state index contributed by atoms with van der Waals surface area (Å²) in [4.78, 5) is 15.1. The van der Waals surface area contributed by atoms with Crippen LogP contribution in [0.5, 0.6) is 0 Å². The predicted octanol–water partition coefficient (Wildman–Crippen LogP) is 11.3. The summed E-state index contributed by atoms with van der Waals surface area (Å²) in [6.07, 6.45) is 0. The number of para-hydroxylation sites is 1. The predicted molar refractivity (Wildman–Crippen MR) is 192 cm³/mol. The van der Waals surface area contributed by atoms with Crippen LogP contribution < -0.4 is 0 Å². The van der Waals surface area contributed by atoms with Gasteiger partial charge in [-0.3, -0.25) is 0 Å². The van der Waals surface area contributed by atoms with Gasteiger partial charge in [-0.2, -0.15) is 0 Å². The van der Waals surface area contributed by atoms with Crippen LogP contribution in [0.3, 0.4) is 0 Å². The number of furan rings is 1. The highest BCUT2D eigenvalue weighted by Gasteiger charge is 2.18. The lowest BCUT2D eigenvalue weighted by Gasteiger charge is -2.11. The molecule has 220 valence electrons. The van der Waals surface area contributed by atoms with Crippen LogP contribution in [0.4, 0.5) is 0 Å². The molecule has 0 aliphatic carbocycles. The second-order valence-electron chi connectivity index (χ2n) is 11.6. The number of aromatic nitrogens is 3. The van der Waals surface area contributed by atoms with Crippen molar-refractivity contribution in [2.75, 3.05) is 0 Å². The van der Waals surface area contributed by atoms with Crippen molar-refractivity contribution in [1.29, 1.82) is 0 Å². The molecule has 2 aromatic heterocycles. The number of fused-ring (bicyclic) bond motifs is 4. The average molecular weight is 602 g/mol. The minimum absolute atomic E-state index is 0.610. The Labute approximate surface area is 271 Å². The molecule has 0 saturated carbocycles. The Morgan fingerprint density at radius 1 is 0.340 bits per heavy atom. The Hall–Kier alpha value is -6.39. The molecule has 0 bridgehead atoms. The first-order valence-electron chi connectivity index (χ1n) is 15.7. The van der Waals surface area contributed by atoms with Gasteiger partial charge in [0.2, 0.25) is 0 Å². The molecule has 47 heavy (non-hydrogen) atoms. The van der Waals surface area contributed by atoms with E-state index in [0.29, 0.717) is 17.5 Å². The Kier molecular flexibility index (Phi) is 6.43. The molecule has 0 fully saturated rings. The second-order valence-corrected chi connectivity index (χ2v) is 11.6. The van der Waals surface area contributed by atoms with Gasteiger partial charge in [0.25, 0.3) is 0 Å². The zero-order chi connectivity index (χ0) is 31.2. The first kappa shape index (κ1) is 27.0. The highest BCUT2D eigenvalue weighted by atomic mass is 16.3. The van der Waals surface area contributed by atoms with E-state index >= 15 is 0 Å². The van der Waals surface area contributed by atoms with E-state index in [0.717, 1.165) is 44.0 Å². The van der Waals surface area contributed by atoms with Crippen LogP contribution in [0.1, 0.15) is 0 Å². The molecule has 9 aromatic rings. The van der Waals surface area contributed by atoms with Gasteiger partial charge in [-0.15, -0.1) is 0 Å². The first-order chi connectivity index (χ1) is 23.3. The van der Waals surface area contributed by atoms with Gasteiger partial charge in [-0.25, -0.2) is 15.0 Å². The van der Waals surface area contributed by atoms with Crippen LogP contribution in [0.2, 0.25) is 0 Å². The van der Waals surface area contributed by atoms with Crippen LogP contribution in [-0.4, -0.2) is 15.0 Å². The van der Waals surface area contributed by atoms with E-state index < -0.39 is 0 Å². The molecule has 0 N–H and O–H groups in total. The van der Waals surface area contributed by atoms with E-state index in [1.807, 2.05) is 66.7 Å². The van der Waals surface area contributed by atoms with Crippen molar-refractivity contribution < 1.29 is 4.42 Å². The van der Waals surface area contributed by atoms with E-state index in [1.54, 1.807) is 0 Å². The fraction of sp³-hybridized carbons (Fsp3) is 0. The van der Waals surface area contributed by atoms with E-state index in [1.165, 1.54) is 27.6 Å². The molecule has 9 rings (SSSR count). The topological polar surface area (TPSA) is 51.8 Å². The summed E-state index contributed by atoms with van der Waals surface area (Å²) in [5.41, 5.74) is 9.21. The highest BCUT2D eigenvalue weighted by molar-refractivity contribution is 6.11. The molecular weight excluding hydrogens is 574 g/mol. The number of rotatable bonds is 5. The first-order valence-corrected chi connectivity index (χ1v) is 15.7. The molecule has 0 radical (unpaired) electrons. The van der Waals surface area contributed by atoms with E-state index in [4.69, 9.17) is 19.4 Å². The Morgan fingerprint density at radius 2 is 0.915 bits per heavy atom. The summed E-state index contributed by atoms with van der Waals surface area (Å²) in [5.74, 6) is 1.86. The molecule has 0 aliphatic rings. The fourth-order valence-corrected chi connectivity index (χ4v) is 6.45. The largest absolute Gasteiger partial charge is 0.456 e. The summed E-state index contributed by atoms with van der Waals surface area (Å²) >= 11 is 0. The summed E-state index contributed by atoms with van der Waals surface area (Å²) < 4.78 is 6.20. The average Bonchev–Trinajstić information content (AvgIpc) is 3.54. The number of benzene rings is 7. The smallest absolute Gasteiger partial charge is 0.164 e. The van der Waals surface area contributed by atoms with Crippen molar-refractivity contribution in [1.82, 2.24) is 15.0 Å². The minimum Gasteiger partial charge on any atom is -0.456 e. The lowest BCUT2D eigenvalue weighted by Crippen LogP contribution is -2.00. The maximum Gasteiger partial charge on any atom is 0.164 e. The highest BCUT2D eigenvalue weighted by Crippen LogP contribution is 2.37. The van der Waals surface area contributed by atoms with Crippen molar-refractivity contribution in [3.63, 3.8) is 0 Å². The van der Waals surface area contributed by atoms with Crippen molar-refractivity contribution in [2.24, 2.45) is 0 Å². The van der Waals surface area contributed by atoms with Crippen LogP contribution in [0.25, 0.3) is 89.1 Å². The molecular formula is C43H27N3O. The monoisotopic (exact) mass is 601 g/mol. The third-order valence-corrected chi connectivity index (χ3v) is 8.75. The number of hydrogen-bond acceptors (Lipinski definition) is 4. The van der Waals surface area contributed by atoms with Gasteiger partial charge in [0.05, 0.1) is 0 Å². The van der Waals surface area contributed by atoms with E-state index in [9.17, 15) is 0 Å². The third kappa shape index (κ3) is 4.84. The Bertz CT molecular complexity index is 2550. The van der Waals surface area contributed by atoms with Crippen molar-refractivity contribution >= 4 is 32.7 Å². The lowest BCUT2D eigenvalue weighted by molar-refractivity contribution is 0.669. The maximum atomic E-state index is 6.20. The van der Waals surface area contributed by atoms with Gasteiger partial charge >= 0.3 is 0 Å². The zero-order valence-corrected chi connectivity index (χ0v) is 25.3. The van der Waals surface area contributed by atoms with Crippen molar-refractivity contribution in [2.45, 2.75) is 0 Å². The van der Waals surface area contributed by atoms with Crippen molar-refractivity contribution in [3.8, 4) is 56.4 Å². The molecule has 4 heteroatoms. The van der Waals surface area contributed by atoms with Crippen LogP contribution in [-0.2, 0) is 0 Å². The van der Waals surface area contributed by atoms with Crippen LogP contribution >= 0.6 is 0 Å². The molecule has 0 aliphatic heterocycles. The zero-order valence-electron chi connectivity index (χ0n) is 25.3. The lowest BCUT2D eigenvalue weighted by atomic mass is 9.95. The van der Waals surface area contributed by atoms with Gasteiger partial charge in [-0.1, -0.05) is 146 Å². The molecule has 0 unspecified atom stereocenters. The summed E-state index contributed by atoms with van der Waals surface area (Å²) in [6.45, 7) is 0. The van der Waals surface area contributed by atoms with Crippen LogP contribution in [0.15, 0.2) is 168 Å². The van der Waals surface area contributed by atoms with Gasteiger partial charge < -0.3 is 4.42 Å². The third-order valence-electron chi connectivity index (χ3n) is 8.75. The summed E-state index contributed by atoms with van der Waals surface area (Å²) in [6, 6.07) is 56.4. The van der Waals surface area contributed by atoms with Gasteiger partial charge in [0.15, 0.2) is 17.5 Å². The van der Waals surface area contributed by atoms with E-state index in [2.05, 4.69) is 97.1 Å². The van der Waals surface area contributed by atoms with Gasteiger partial charge in [0.1, 0.15) is 11.2 Å². The number of nitrogens with zero attached hydrogens (tertiary/aromatic N) is 3. The summed E-state index contributed by atoms with van der Waals surface area (Å²) in [5, 5.41) is 4.34. The Morgan fingerprint density at radius 3 is 1.72 bits per heavy atom. The molecule has 0 amide bonds. The van der Waals surface area contributed by atoms with E-state index in [-0.39, 0.29) is 0 Å². The summed E-state index contributed by atoms with van der Waals surface area (Å²) in [7, 11) is 0. The van der Waals surface area contributed by atoms with Gasteiger partial charge in [0, 0.05) is 27.5 Å². The number of hydrogen-bond donors (Lipinski definition) is 0. The second kappa shape index (κ2) is 11.2. The molecule has 0 spiro atoms. The quantitative estimate of drug-likeness (QED) is 0.197. The Balaban J connectivity index is 1.18. The minimum atomic E-state index is 0.610. The standard InChI is InChI=1S/C43H27N3O/c1-3-11-28(12-4-1)29-21-23-30(24-22-29)34-17-9-15-32-27-33(25-26-35(32)34)42-44-41(31-13-5-2-6-14-31)45-43(46-42)37-18-10-20-39-40(37)36-16-7-8-19-38(36)47-39/h1-27H. The molecule has 7 aromatic carbocycles. The molecule has 2 heterocycles. The SMILES string of the molecule is c1ccc(-c2ccc(-c3cccc4cc(-c5nc(-c6ccccc6)nc(-c6cccc7oc8ccccc8c67)n5)ccc34)cc2)cc1. The molecule has 0 atom stereocenters. The molecule has 0 saturated heterocycles. The van der Waals surface area contributed by atoms with Crippen LogP contribution in [0, 0.1) is 0 Å². The maximum absolute atomic E-state index is 6.20. The fourth-order valence-electron chi connectivity index (χ4n) is 6.45. The van der Waals surface area contributed by atoms with Gasteiger partial charge in [-0.05, 0) is 51.2 Å².